The van der Waals surface area contributed by atoms with Crippen LogP contribution in [0.15, 0.2) is 35.4 Å². The van der Waals surface area contributed by atoms with E-state index in [1.807, 2.05) is 6.92 Å². The first kappa shape index (κ1) is 15.7. The smallest absolute Gasteiger partial charge is 0.240 e. The summed E-state index contributed by atoms with van der Waals surface area (Å²) in [4.78, 5) is 0.158. The Balaban J connectivity index is 2.21. The van der Waals surface area contributed by atoms with E-state index in [1.165, 1.54) is 6.07 Å². The summed E-state index contributed by atoms with van der Waals surface area (Å²) < 4.78 is 28.7. The van der Waals surface area contributed by atoms with Crippen LogP contribution in [0, 0.1) is 0 Å². The summed E-state index contributed by atoms with van der Waals surface area (Å²) in [5, 5.41) is 13.3. The molecule has 2 N–H and O–H groups in total. The molecule has 0 fully saturated rings. The predicted molar refractivity (Wildman–Crippen MR) is 79.0 cm³/mol. The van der Waals surface area contributed by atoms with Crippen LogP contribution in [0.25, 0.3) is 0 Å². The fraction of sp³-hybridized carbons (Fsp3) is 0.357. The molecule has 0 atom stereocenters. The number of nitrogens with one attached hydrogen (secondary N) is 1. The minimum atomic E-state index is -3.61. The van der Waals surface area contributed by atoms with Crippen LogP contribution in [-0.4, -0.2) is 23.3 Å². The van der Waals surface area contributed by atoms with Crippen molar-refractivity contribution >= 4 is 10.0 Å². The molecule has 0 radical (unpaired) electrons. The van der Waals surface area contributed by atoms with Gasteiger partial charge >= 0.3 is 0 Å². The van der Waals surface area contributed by atoms with Crippen LogP contribution >= 0.6 is 0 Å². The average Bonchev–Trinajstić information content (AvgIpc) is 2.89. The van der Waals surface area contributed by atoms with Crippen molar-refractivity contribution in [3.8, 4) is 0 Å². The van der Waals surface area contributed by atoms with Gasteiger partial charge in [0.1, 0.15) is 0 Å². The molecule has 0 bridgehead atoms. The lowest BCUT2D eigenvalue weighted by molar-refractivity contribution is 0.280. The number of aliphatic hydroxyl groups is 1. The maximum absolute atomic E-state index is 12.3. The number of benzene rings is 1. The van der Waals surface area contributed by atoms with Gasteiger partial charge in [-0.25, -0.2) is 13.1 Å². The molecule has 2 aromatic rings. The summed E-state index contributed by atoms with van der Waals surface area (Å²) in [7, 11) is -1.86. The van der Waals surface area contributed by atoms with Crippen molar-refractivity contribution in [1.82, 2.24) is 14.5 Å². The van der Waals surface area contributed by atoms with Crippen LogP contribution < -0.4 is 4.72 Å². The van der Waals surface area contributed by atoms with Crippen LogP contribution in [0.1, 0.15) is 23.7 Å². The Labute approximate surface area is 124 Å². The lowest BCUT2D eigenvalue weighted by Crippen LogP contribution is -2.24. The molecule has 1 aromatic carbocycles. The lowest BCUT2D eigenvalue weighted by Gasteiger charge is -2.10. The zero-order valence-electron chi connectivity index (χ0n) is 12.1. The van der Waals surface area contributed by atoms with Gasteiger partial charge in [0.15, 0.2) is 0 Å². The molecule has 0 aliphatic heterocycles. The molecule has 0 aliphatic rings. The third-order valence-corrected chi connectivity index (χ3v) is 4.80. The minimum absolute atomic E-state index is 0.158. The second kappa shape index (κ2) is 6.38. The second-order valence-electron chi connectivity index (χ2n) is 4.71. The van der Waals surface area contributed by atoms with Gasteiger partial charge < -0.3 is 5.11 Å². The fourth-order valence-corrected chi connectivity index (χ4v) is 3.14. The normalized spacial score (nSPS) is 11.8. The number of sulfonamides is 1. The van der Waals surface area contributed by atoms with E-state index in [0.29, 0.717) is 5.56 Å². The molecule has 1 aromatic heterocycles. The Morgan fingerprint density at radius 1 is 1.29 bits per heavy atom. The Morgan fingerprint density at radius 3 is 2.62 bits per heavy atom. The number of aliphatic hydroxyl groups excluding tert-OH is 1. The lowest BCUT2D eigenvalue weighted by atomic mass is 10.1. The zero-order chi connectivity index (χ0) is 15.5. The summed E-state index contributed by atoms with van der Waals surface area (Å²) >= 11 is 0. The molecular weight excluding hydrogens is 290 g/mol. The first-order valence-corrected chi connectivity index (χ1v) is 8.15. The topological polar surface area (TPSA) is 84.2 Å². The molecule has 6 nitrogen and oxygen atoms in total. The highest BCUT2D eigenvalue weighted by Gasteiger charge is 2.16. The van der Waals surface area contributed by atoms with Crippen LogP contribution in [-0.2, 0) is 36.6 Å². The van der Waals surface area contributed by atoms with E-state index in [-0.39, 0.29) is 18.0 Å². The van der Waals surface area contributed by atoms with Crippen molar-refractivity contribution in [1.29, 1.82) is 0 Å². The molecule has 2 rings (SSSR count). The summed E-state index contributed by atoms with van der Waals surface area (Å²) in [6, 6.07) is 6.57. The molecule has 21 heavy (non-hydrogen) atoms. The fourth-order valence-electron chi connectivity index (χ4n) is 2.09. The van der Waals surface area contributed by atoms with E-state index >= 15 is 0 Å². The van der Waals surface area contributed by atoms with E-state index in [1.54, 1.807) is 36.1 Å². The third kappa shape index (κ3) is 3.49. The van der Waals surface area contributed by atoms with Crippen LogP contribution in [0.3, 0.4) is 0 Å². The largest absolute Gasteiger partial charge is 0.392 e. The molecule has 0 aliphatic carbocycles. The molecule has 114 valence electrons. The molecule has 7 heteroatoms. The van der Waals surface area contributed by atoms with Crippen LogP contribution in [0.5, 0.6) is 0 Å². The molecule has 0 amide bonds. The molecule has 0 saturated heterocycles. The standard InChI is InChI=1S/C14H19N3O3S/c1-3-11-4-5-14(8-12(11)10-18)21(19,20)16-9-13-6-7-15-17(13)2/h4-8,16,18H,3,9-10H2,1-2H3. The van der Waals surface area contributed by atoms with Crippen LogP contribution in [0.2, 0.25) is 0 Å². The zero-order valence-corrected chi connectivity index (χ0v) is 12.9. The first-order chi connectivity index (χ1) is 9.97. The number of hydrogen-bond acceptors (Lipinski definition) is 4. The second-order valence-corrected chi connectivity index (χ2v) is 6.48. The van der Waals surface area contributed by atoms with E-state index in [0.717, 1.165) is 17.7 Å². The number of nitrogens with zero attached hydrogens (tertiary/aromatic N) is 2. The van der Waals surface area contributed by atoms with Gasteiger partial charge in [0.2, 0.25) is 10.0 Å². The Bertz CT molecular complexity index is 723. The average molecular weight is 309 g/mol. The predicted octanol–water partition coefficient (Wildman–Crippen LogP) is 0.953. The maximum atomic E-state index is 12.3. The van der Waals surface area contributed by atoms with Gasteiger partial charge in [0, 0.05) is 13.2 Å². The van der Waals surface area contributed by atoms with Crippen molar-refractivity contribution in [3.05, 3.63) is 47.3 Å². The number of aromatic nitrogens is 2. The maximum Gasteiger partial charge on any atom is 0.240 e. The van der Waals surface area contributed by atoms with Gasteiger partial charge in [-0.1, -0.05) is 13.0 Å². The highest BCUT2D eigenvalue weighted by atomic mass is 32.2. The van der Waals surface area contributed by atoms with Crippen LogP contribution in [0.4, 0.5) is 0 Å². The molecular formula is C14H19N3O3S. The van der Waals surface area contributed by atoms with Gasteiger partial charge in [-0.2, -0.15) is 5.10 Å². The van der Waals surface area contributed by atoms with Gasteiger partial charge in [-0.3, -0.25) is 4.68 Å². The molecule has 1 heterocycles. The van der Waals surface area contributed by atoms with Crippen molar-refractivity contribution in [2.24, 2.45) is 7.05 Å². The number of aryl methyl sites for hydroxylation is 2. The molecule has 0 saturated carbocycles. The van der Waals surface area contributed by atoms with E-state index in [4.69, 9.17) is 0 Å². The van der Waals surface area contributed by atoms with Gasteiger partial charge in [-0.15, -0.1) is 0 Å². The third-order valence-electron chi connectivity index (χ3n) is 3.41. The van der Waals surface area contributed by atoms with E-state index < -0.39 is 10.0 Å². The van der Waals surface area contributed by atoms with Crippen molar-refractivity contribution in [2.45, 2.75) is 31.4 Å². The van der Waals surface area contributed by atoms with E-state index in [9.17, 15) is 13.5 Å². The summed E-state index contributed by atoms with van der Waals surface area (Å²) in [5.74, 6) is 0. The van der Waals surface area contributed by atoms with Gasteiger partial charge in [-0.05, 0) is 35.7 Å². The van der Waals surface area contributed by atoms with Crippen molar-refractivity contribution in [2.75, 3.05) is 0 Å². The molecule has 0 spiro atoms. The van der Waals surface area contributed by atoms with Gasteiger partial charge in [0.25, 0.3) is 0 Å². The SMILES string of the molecule is CCc1ccc(S(=O)(=O)NCc2ccnn2C)cc1CO. The summed E-state index contributed by atoms with van der Waals surface area (Å²) in [6.07, 6.45) is 2.36. The van der Waals surface area contributed by atoms with E-state index in [2.05, 4.69) is 9.82 Å². The molecule has 0 unspecified atom stereocenters. The Kier molecular flexibility index (Phi) is 4.76. The highest BCUT2D eigenvalue weighted by molar-refractivity contribution is 7.89. The minimum Gasteiger partial charge on any atom is -0.392 e. The number of hydrogen-bond donors (Lipinski definition) is 2. The number of rotatable bonds is 6. The Morgan fingerprint density at radius 2 is 2.05 bits per heavy atom. The van der Waals surface area contributed by atoms with Crippen molar-refractivity contribution < 1.29 is 13.5 Å². The first-order valence-electron chi connectivity index (χ1n) is 6.67. The summed E-state index contributed by atoms with van der Waals surface area (Å²) in [5.41, 5.74) is 2.36. The van der Waals surface area contributed by atoms with Gasteiger partial charge in [0.05, 0.1) is 23.7 Å². The monoisotopic (exact) mass is 309 g/mol. The van der Waals surface area contributed by atoms with Crippen molar-refractivity contribution in [3.63, 3.8) is 0 Å². The quantitative estimate of drug-likeness (QED) is 0.832. The summed E-state index contributed by atoms with van der Waals surface area (Å²) in [6.45, 7) is 1.96. The highest BCUT2D eigenvalue weighted by Crippen LogP contribution is 2.17. The Hall–Kier alpha value is -1.70.